The van der Waals surface area contributed by atoms with Gasteiger partial charge >= 0.3 is 0 Å². The van der Waals surface area contributed by atoms with E-state index in [1.54, 1.807) is 36.0 Å². The average molecular weight is 244 g/mol. The summed E-state index contributed by atoms with van der Waals surface area (Å²) in [6.07, 6.45) is 2.51. The molecule has 0 spiro atoms. The maximum Gasteiger partial charge on any atom is 0.277 e. The number of aryl methyl sites for hydroxylation is 2. The lowest BCUT2D eigenvalue weighted by atomic mass is 10.0. The van der Waals surface area contributed by atoms with Gasteiger partial charge in [0.25, 0.3) is 5.69 Å². The minimum absolute atomic E-state index is 0.00917. The van der Waals surface area contributed by atoms with Gasteiger partial charge in [0.1, 0.15) is 0 Å². The Morgan fingerprint density at radius 1 is 1.33 bits per heavy atom. The third-order valence-corrected chi connectivity index (χ3v) is 2.90. The van der Waals surface area contributed by atoms with Gasteiger partial charge in [-0.2, -0.15) is 0 Å². The van der Waals surface area contributed by atoms with Crippen molar-refractivity contribution in [3.8, 4) is 11.1 Å². The summed E-state index contributed by atoms with van der Waals surface area (Å²) in [5.41, 5.74) is 2.40. The summed E-state index contributed by atoms with van der Waals surface area (Å²) in [5, 5.41) is 11.0. The number of hydrogen-bond donors (Lipinski definition) is 0. The molecular formula is C13H12N2O3. The summed E-state index contributed by atoms with van der Waals surface area (Å²) in [4.78, 5) is 21.7. The zero-order valence-electron chi connectivity index (χ0n) is 10.1. The summed E-state index contributed by atoms with van der Waals surface area (Å²) in [6.45, 7) is 1.83. The summed E-state index contributed by atoms with van der Waals surface area (Å²) < 4.78 is 1.67. The van der Waals surface area contributed by atoms with Crippen molar-refractivity contribution in [2.45, 2.75) is 6.92 Å². The van der Waals surface area contributed by atoms with Crippen LogP contribution < -0.4 is 0 Å². The Morgan fingerprint density at radius 2 is 2.00 bits per heavy atom. The Morgan fingerprint density at radius 3 is 2.61 bits per heavy atom. The Hall–Kier alpha value is -2.43. The standard InChI is InChI=1S/C13H12N2O3/c1-9-7-14(2)12(8-16)13(9)10-5-3-4-6-11(10)15(17)18/h3-8H,1-2H3. The van der Waals surface area contributed by atoms with Crippen LogP contribution in [-0.4, -0.2) is 15.8 Å². The number of nitro benzene ring substituents is 1. The van der Waals surface area contributed by atoms with Crippen LogP contribution >= 0.6 is 0 Å². The predicted octanol–water partition coefficient (Wildman–Crippen LogP) is 2.72. The molecule has 2 aromatic rings. The molecular weight excluding hydrogens is 232 g/mol. The molecule has 0 radical (unpaired) electrons. The van der Waals surface area contributed by atoms with Crippen molar-refractivity contribution in [3.05, 3.63) is 51.8 Å². The molecule has 0 aliphatic heterocycles. The van der Waals surface area contributed by atoms with Crippen molar-refractivity contribution in [1.82, 2.24) is 4.57 Å². The van der Waals surface area contributed by atoms with Crippen molar-refractivity contribution in [3.63, 3.8) is 0 Å². The lowest BCUT2D eigenvalue weighted by Gasteiger charge is -2.04. The summed E-state index contributed by atoms with van der Waals surface area (Å²) >= 11 is 0. The van der Waals surface area contributed by atoms with Gasteiger partial charge in [-0.3, -0.25) is 14.9 Å². The van der Waals surface area contributed by atoms with Crippen LogP contribution in [0.3, 0.4) is 0 Å². The zero-order valence-corrected chi connectivity index (χ0v) is 10.1. The van der Waals surface area contributed by atoms with Crippen LogP contribution in [0.25, 0.3) is 11.1 Å². The van der Waals surface area contributed by atoms with Crippen molar-refractivity contribution in [2.24, 2.45) is 7.05 Å². The summed E-state index contributed by atoms with van der Waals surface area (Å²) in [5.74, 6) is 0. The molecule has 0 aliphatic rings. The number of benzene rings is 1. The molecule has 0 atom stereocenters. The third kappa shape index (κ3) is 1.79. The molecule has 0 saturated carbocycles. The molecule has 0 aliphatic carbocycles. The first-order valence-corrected chi connectivity index (χ1v) is 5.41. The smallest absolute Gasteiger partial charge is 0.277 e. The van der Waals surface area contributed by atoms with E-state index in [0.717, 1.165) is 11.8 Å². The molecule has 0 unspecified atom stereocenters. The van der Waals surface area contributed by atoms with Crippen LogP contribution in [0.4, 0.5) is 5.69 Å². The van der Waals surface area contributed by atoms with Crippen LogP contribution in [-0.2, 0) is 7.05 Å². The Bertz CT molecular complexity index is 629. The van der Waals surface area contributed by atoms with Gasteiger partial charge in [-0.15, -0.1) is 0 Å². The fourth-order valence-corrected chi connectivity index (χ4v) is 2.14. The van der Waals surface area contributed by atoms with Crippen LogP contribution in [0, 0.1) is 17.0 Å². The topological polar surface area (TPSA) is 65.1 Å². The van der Waals surface area contributed by atoms with Crippen molar-refractivity contribution in [2.75, 3.05) is 0 Å². The highest BCUT2D eigenvalue weighted by Gasteiger charge is 2.20. The molecule has 18 heavy (non-hydrogen) atoms. The van der Waals surface area contributed by atoms with Gasteiger partial charge in [-0.1, -0.05) is 12.1 Å². The van der Waals surface area contributed by atoms with Crippen LogP contribution in [0.2, 0.25) is 0 Å². The molecule has 0 saturated heterocycles. The van der Waals surface area contributed by atoms with E-state index in [2.05, 4.69) is 0 Å². The molecule has 2 rings (SSSR count). The molecule has 0 bridgehead atoms. The molecule has 0 amide bonds. The predicted molar refractivity (Wildman–Crippen MR) is 67.6 cm³/mol. The highest BCUT2D eigenvalue weighted by atomic mass is 16.6. The molecule has 0 fully saturated rings. The second-order valence-corrected chi connectivity index (χ2v) is 4.08. The Kier molecular flexibility index (Phi) is 2.97. The van der Waals surface area contributed by atoms with Crippen molar-refractivity contribution in [1.29, 1.82) is 0 Å². The average Bonchev–Trinajstić information content (AvgIpc) is 2.63. The van der Waals surface area contributed by atoms with Gasteiger partial charge in [0, 0.05) is 24.9 Å². The maximum absolute atomic E-state index is 11.1. The lowest BCUT2D eigenvalue weighted by Crippen LogP contribution is -1.97. The lowest BCUT2D eigenvalue weighted by molar-refractivity contribution is -0.384. The minimum Gasteiger partial charge on any atom is -0.348 e. The van der Waals surface area contributed by atoms with Gasteiger partial charge < -0.3 is 4.57 Å². The highest BCUT2D eigenvalue weighted by Crippen LogP contribution is 2.34. The zero-order chi connectivity index (χ0) is 13.3. The number of hydrogen-bond acceptors (Lipinski definition) is 3. The molecule has 1 aromatic carbocycles. The molecule has 5 heteroatoms. The maximum atomic E-state index is 11.1. The van der Waals surface area contributed by atoms with E-state index in [1.807, 2.05) is 6.92 Å². The number of rotatable bonds is 3. The Balaban J connectivity index is 2.77. The quantitative estimate of drug-likeness (QED) is 0.473. The molecule has 0 N–H and O–H groups in total. The minimum atomic E-state index is -0.434. The van der Waals surface area contributed by atoms with Gasteiger partial charge in [-0.05, 0) is 18.6 Å². The van der Waals surface area contributed by atoms with Crippen molar-refractivity contribution >= 4 is 12.0 Å². The van der Waals surface area contributed by atoms with Crippen LogP contribution in [0.1, 0.15) is 16.1 Å². The third-order valence-electron chi connectivity index (χ3n) is 2.90. The first kappa shape index (κ1) is 12.0. The first-order valence-electron chi connectivity index (χ1n) is 5.41. The van der Waals surface area contributed by atoms with E-state index in [4.69, 9.17) is 0 Å². The molecule has 1 aromatic heterocycles. The van der Waals surface area contributed by atoms with Gasteiger partial charge in [0.15, 0.2) is 6.29 Å². The van der Waals surface area contributed by atoms with Crippen LogP contribution in [0.15, 0.2) is 30.5 Å². The van der Waals surface area contributed by atoms with E-state index >= 15 is 0 Å². The fourth-order valence-electron chi connectivity index (χ4n) is 2.14. The van der Waals surface area contributed by atoms with Gasteiger partial charge in [-0.25, -0.2) is 0 Å². The van der Waals surface area contributed by atoms with E-state index in [-0.39, 0.29) is 5.69 Å². The number of nitro groups is 1. The molecule has 1 heterocycles. The number of aldehydes is 1. The SMILES string of the molecule is Cc1cn(C)c(C=O)c1-c1ccccc1[N+](=O)[O-]. The van der Waals surface area contributed by atoms with E-state index in [0.29, 0.717) is 16.8 Å². The summed E-state index contributed by atoms with van der Waals surface area (Å²) in [6, 6.07) is 6.44. The number of carbonyl (C=O) groups excluding carboxylic acids is 1. The Labute approximate surface area is 104 Å². The van der Waals surface area contributed by atoms with E-state index < -0.39 is 4.92 Å². The van der Waals surface area contributed by atoms with Gasteiger partial charge in [0.05, 0.1) is 16.2 Å². The normalized spacial score (nSPS) is 10.3. The van der Waals surface area contributed by atoms with E-state index in [9.17, 15) is 14.9 Å². The highest BCUT2D eigenvalue weighted by molar-refractivity contribution is 5.90. The number of aromatic nitrogens is 1. The second kappa shape index (κ2) is 4.44. The number of carbonyl (C=O) groups is 1. The largest absolute Gasteiger partial charge is 0.348 e. The monoisotopic (exact) mass is 244 g/mol. The van der Waals surface area contributed by atoms with Gasteiger partial charge in [0.2, 0.25) is 0 Å². The first-order chi connectivity index (χ1) is 8.56. The second-order valence-electron chi connectivity index (χ2n) is 4.08. The molecule has 92 valence electrons. The number of nitrogens with zero attached hydrogens (tertiary/aromatic N) is 2. The summed E-state index contributed by atoms with van der Waals surface area (Å²) in [7, 11) is 1.75. The molecule has 5 nitrogen and oxygen atoms in total. The fraction of sp³-hybridized carbons (Fsp3) is 0.154. The number of para-hydroxylation sites is 1. The van der Waals surface area contributed by atoms with E-state index in [1.165, 1.54) is 6.07 Å². The van der Waals surface area contributed by atoms with Crippen molar-refractivity contribution < 1.29 is 9.72 Å². The van der Waals surface area contributed by atoms with Crippen LogP contribution in [0.5, 0.6) is 0 Å².